The number of Topliss-reactive ketones (excluding diaryl/α,β-unsaturated/α-hetero) is 1. The number of rotatable bonds is 4. The van der Waals surface area contributed by atoms with Gasteiger partial charge in [0.1, 0.15) is 17.6 Å². The highest BCUT2D eigenvalue weighted by atomic mass is 16.8. The van der Waals surface area contributed by atoms with Crippen LogP contribution in [-0.2, 0) is 19.0 Å². The molecule has 1 saturated heterocycles. The lowest BCUT2D eigenvalue weighted by molar-refractivity contribution is -0.153. The van der Waals surface area contributed by atoms with Gasteiger partial charge in [-0.25, -0.2) is 0 Å². The Labute approximate surface area is 195 Å². The van der Waals surface area contributed by atoms with E-state index in [2.05, 4.69) is 0 Å². The summed E-state index contributed by atoms with van der Waals surface area (Å²) in [6, 6.07) is 3.71. The maximum Gasteiger partial charge on any atom is 0.188 e. The minimum atomic E-state index is -0.803. The van der Waals surface area contributed by atoms with Crippen LogP contribution < -0.4 is 9.47 Å². The van der Waals surface area contributed by atoms with Crippen molar-refractivity contribution in [1.29, 1.82) is 0 Å². The minimum absolute atomic E-state index is 0.0353. The third-order valence-electron chi connectivity index (χ3n) is 6.63. The number of ketones is 2. The molecule has 180 valence electrons. The van der Waals surface area contributed by atoms with Crippen LogP contribution in [0.5, 0.6) is 11.5 Å². The topological polar surface area (TPSA) is 80.3 Å². The van der Waals surface area contributed by atoms with Gasteiger partial charge < -0.3 is 23.7 Å². The molecule has 1 aromatic rings. The number of hydrogen-bond acceptors (Lipinski definition) is 7. The maximum absolute atomic E-state index is 13.5. The number of carbonyl (C=O) groups excluding carboxylic acids is 2. The summed E-state index contributed by atoms with van der Waals surface area (Å²) in [5.74, 6) is 0.808. The fourth-order valence-electron chi connectivity index (χ4n) is 5.01. The van der Waals surface area contributed by atoms with E-state index in [0.29, 0.717) is 36.3 Å². The number of benzene rings is 1. The van der Waals surface area contributed by atoms with Crippen LogP contribution in [0, 0.1) is 11.8 Å². The molecule has 0 spiro atoms. The summed E-state index contributed by atoms with van der Waals surface area (Å²) in [5.41, 5.74) is 1.56. The SMILES string of the molecule is COCOc1cc(OC)cc2c1C(=O)C[C@@H](C)C/C=C/C(=O)[C@H]1OC(C)(C)O[C@@H]1CC1CC21. The van der Waals surface area contributed by atoms with Gasteiger partial charge in [0.2, 0.25) is 0 Å². The van der Waals surface area contributed by atoms with Crippen molar-refractivity contribution in [3.05, 3.63) is 35.4 Å². The predicted molar refractivity (Wildman–Crippen MR) is 122 cm³/mol. The minimum Gasteiger partial charge on any atom is -0.497 e. The molecule has 1 heterocycles. The molecular weight excluding hydrogens is 424 g/mol. The normalized spacial score (nSPS) is 32.2. The highest BCUT2D eigenvalue weighted by molar-refractivity contribution is 6.01. The Morgan fingerprint density at radius 2 is 1.91 bits per heavy atom. The number of methoxy groups -OCH3 is 2. The van der Waals surface area contributed by atoms with E-state index in [4.69, 9.17) is 23.7 Å². The molecule has 0 amide bonds. The van der Waals surface area contributed by atoms with Crippen molar-refractivity contribution in [3.8, 4) is 11.5 Å². The zero-order chi connectivity index (χ0) is 23.8. The number of allylic oxidation sites excluding steroid dienone is 1. The Balaban J connectivity index is 1.72. The molecule has 0 N–H and O–H groups in total. The first-order valence-electron chi connectivity index (χ1n) is 11.6. The zero-order valence-electron chi connectivity index (χ0n) is 20.1. The van der Waals surface area contributed by atoms with Gasteiger partial charge in [-0.2, -0.15) is 0 Å². The summed E-state index contributed by atoms with van der Waals surface area (Å²) >= 11 is 0. The Bertz CT molecular complexity index is 935. The van der Waals surface area contributed by atoms with Gasteiger partial charge >= 0.3 is 0 Å². The third kappa shape index (κ3) is 5.31. The number of fused-ring (bicyclic) bond motifs is 4. The smallest absolute Gasteiger partial charge is 0.188 e. The molecule has 7 heteroatoms. The summed E-state index contributed by atoms with van der Waals surface area (Å²) in [6.07, 6.45) is 5.07. The van der Waals surface area contributed by atoms with Crippen molar-refractivity contribution < 1.29 is 33.3 Å². The second-order valence-electron chi connectivity index (χ2n) is 9.85. The van der Waals surface area contributed by atoms with Crippen molar-refractivity contribution in [2.45, 2.75) is 70.4 Å². The fraction of sp³-hybridized carbons (Fsp3) is 0.615. The lowest BCUT2D eigenvalue weighted by Gasteiger charge is -2.19. The van der Waals surface area contributed by atoms with Gasteiger partial charge in [0, 0.05) is 19.6 Å². The lowest BCUT2D eigenvalue weighted by Crippen LogP contribution is -2.31. The molecule has 4 rings (SSSR count). The highest BCUT2D eigenvalue weighted by Gasteiger charge is 2.50. The van der Waals surface area contributed by atoms with Crippen LogP contribution in [0.15, 0.2) is 24.3 Å². The van der Waals surface area contributed by atoms with Gasteiger partial charge in [0.25, 0.3) is 0 Å². The average Bonchev–Trinajstić information content (AvgIpc) is 3.45. The fourth-order valence-corrected chi connectivity index (χ4v) is 5.01. The van der Waals surface area contributed by atoms with Gasteiger partial charge in [-0.3, -0.25) is 9.59 Å². The van der Waals surface area contributed by atoms with E-state index in [0.717, 1.165) is 12.0 Å². The van der Waals surface area contributed by atoms with E-state index in [1.807, 2.05) is 32.9 Å². The Morgan fingerprint density at radius 3 is 2.64 bits per heavy atom. The molecule has 1 saturated carbocycles. The molecule has 3 aliphatic rings. The Hall–Kier alpha value is -2.22. The van der Waals surface area contributed by atoms with E-state index >= 15 is 0 Å². The molecule has 2 unspecified atom stereocenters. The van der Waals surface area contributed by atoms with Crippen LogP contribution in [0.2, 0.25) is 0 Å². The Kier molecular flexibility index (Phi) is 6.93. The number of carbonyl (C=O) groups is 2. The molecule has 1 aromatic carbocycles. The van der Waals surface area contributed by atoms with Crippen LogP contribution in [0.4, 0.5) is 0 Å². The van der Waals surface area contributed by atoms with Crippen molar-refractivity contribution >= 4 is 11.6 Å². The van der Waals surface area contributed by atoms with Gasteiger partial charge in [-0.1, -0.05) is 13.0 Å². The van der Waals surface area contributed by atoms with Gasteiger partial charge in [-0.05, 0) is 68.6 Å². The summed E-state index contributed by atoms with van der Waals surface area (Å²) in [7, 11) is 3.16. The average molecular weight is 459 g/mol. The first-order valence-corrected chi connectivity index (χ1v) is 11.6. The number of hydrogen-bond donors (Lipinski definition) is 0. The second kappa shape index (κ2) is 9.57. The maximum atomic E-state index is 13.5. The molecule has 0 bridgehead atoms. The van der Waals surface area contributed by atoms with Crippen LogP contribution >= 0.6 is 0 Å². The summed E-state index contributed by atoms with van der Waals surface area (Å²) in [6.45, 7) is 5.75. The van der Waals surface area contributed by atoms with E-state index < -0.39 is 11.9 Å². The molecule has 5 atom stereocenters. The molecule has 2 fully saturated rings. The first kappa shape index (κ1) is 23.9. The van der Waals surface area contributed by atoms with Gasteiger partial charge in [-0.15, -0.1) is 0 Å². The van der Waals surface area contributed by atoms with Crippen LogP contribution in [0.3, 0.4) is 0 Å². The summed E-state index contributed by atoms with van der Waals surface area (Å²) < 4.78 is 28.5. The van der Waals surface area contributed by atoms with Crippen LogP contribution in [0.25, 0.3) is 0 Å². The molecule has 0 aromatic heterocycles. The summed E-state index contributed by atoms with van der Waals surface area (Å²) in [4.78, 5) is 26.3. The summed E-state index contributed by atoms with van der Waals surface area (Å²) in [5, 5.41) is 0. The molecule has 7 nitrogen and oxygen atoms in total. The standard InChI is InChI=1S/C26H34O7/c1-15-7-6-8-20(27)25-23(32-26(2,3)33-25)11-16-10-18(16)19-12-17(30-5)13-22(31-14-29-4)24(19)21(28)9-15/h6,8,12-13,15-16,18,23,25H,7,9-11,14H2,1-5H3/b8-6+/t15-,16?,18?,23+,25+/m0/s1. The van der Waals surface area contributed by atoms with Crippen molar-refractivity contribution in [3.63, 3.8) is 0 Å². The van der Waals surface area contributed by atoms with E-state index in [-0.39, 0.29) is 42.2 Å². The molecule has 2 aliphatic carbocycles. The molecule has 0 radical (unpaired) electrons. The predicted octanol–water partition coefficient (Wildman–Crippen LogP) is 4.43. The van der Waals surface area contributed by atoms with E-state index in [1.165, 1.54) is 0 Å². The zero-order valence-corrected chi connectivity index (χ0v) is 20.1. The molecule has 33 heavy (non-hydrogen) atoms. The first-order chi connectivity index (χ1) is 15.7. The van der Waals surface area contributed by atoms with Crippen molar-refractivity contribution in [2.24, 2.45) is 11.8 Å². The Morgan fingerprint density at radius 1 is 1.12 bits per heavy atom. The number of ether oxygens (including phenoxy) is 5. The van der Waals surface area contributed by atoms with Gasteiger partial charge in [0.15, 0.2) is 24.1 Å². The van der Waals surface area contributed by atoms with Crippen molar-refractivity contribution in [1.82, 2.24) is 0 Å². The van der Waals surface area contributed by atoms with Gasteiger partial charge in [0.05, 0.1) is 18.8 Å². The molecular formula is C26H34O7. The molecule has 1 aliphatic heterocycles. The largest absolute Gasteiger partial charge is 0.497 e. The van der Waals surface area contributed by atoms with E-state index in [1.54, 1.807) is 26.4 Å². The van der Waals surface area contributed by atoms with Crippen LogP contribution in [0.1, 0.15) is 68.3 Å². The van der Waals surface area contributed by atoms with Crippen LogP contribution in [-0.4, -0.2) is 50.6 Å². The lowest BCUT2D eigenvalue weighted by atomic mass is 9.90. The highest BCUT2D eigenvalue weighted by Crippen LogP contribution is 2.54. The van der Waals surface area contributed by atoms with E-state index in [9.17, 15) is 9.59 Å². The third-order valence-corrected chi connectivity index (χ3v) is 6.63. The monoisotopic (exact) mass is 458 g/mol. The van der Waals surface area contributed by atoms with Crippen molar-refractivity contribution in [2.75, 3.05) is 21.0 Å². The second-order valence-corrected chi connectivity index (χ2v) is 9.85. The quantitative estimate of drug-likeness (QED) is 0.618.